The third-order valence-corrected chi connectivity index (χ3v) is 10.5. The zero-order chi connectivity index (χ0) is 23.6. The third-order valence-electron chi connectivity index (χ3n) is 10.5. The summed E-state index contributed by atoms with van der Waals surface area (Å²) in [6.07, 6.45) is 19.2. The minimum Gasteiger partial charge on any atom is -0.392 e. The average molecular weight is 459 g/mol. The molecular weight excluding hydrogens is 408 g/mol. The number of hydrogen-bond donors (Lipinski definition) is 2. The molecule has 4 aliphatic rings. The van der Waals surface area contributed by atoms with Crippen LogP contribution in [0.5, 0.6) is 0 Å². The van der Waals surface area contributed by atoms with Crippen LogP contribution in [-0.2, 0) is 4.74 Å². The van der Waals surface area contributed by atoms with Crippen LogP contribution in [0.4, 0.5) is 0 Å². The Bertz CT molecular complexity index is 700. The fourth-order valence-electron chi connectivity index (χ4n) is 7.89. The normalized spacial score (nSPS) is 37.5. The second kappa shape index (κ2) is 10.5. The quantitative estimate of drug-likeness (QED) is 0.367. The van der Waals surface area contributed by atoms with Crippen molar-refractivity contribution in [3.63, 3.8) is 0 Å². The second-order valence-corrected chi connectivity index (χ2v) is 12.2. The maximum Gasteiger partial charge on any atom is 0.0658 e. The summed E-state index contributed by atoms with van der Waals surface area (Å²) in [5, 5.41) is 21.2. The van der Waals surface area contributed by atoms with Gasteiger partial charge in [0.15, 0.2) is 0 Å². The summed E-state index contributed by atoms with van der Waals surface area (Å²) in [5.41, 5.74) is 3.02. The van der Waals surface area contributed by atoms with Crippen LogP contribution < -0.4 is 0 Å². The molecule has 33 heavy (non-hydrogen) atoms. The van der Waals surface area contributed by atoms with Crippen molar-refractivity contribution in [2.24, 2.45) is 28.6 Å². The number of aliphatic hydroxyl groups excluding tert-OH is 2. The van der Waals surface area contributed by atoms with Crippen molar-refractivity contribution in [1.82, 2.24) is 0 Å². The molecule has 4 fully saturated rings. The van der Waals surface area contributed by atoms with Crippen molar-refractivity contribution in [3.05, 3.63) is 23.3 Å². The van der Waals surface area contributed by atoms with Gasteiger partial charge in [-0.3, -0.25) is 0 Å². The Labute approximate surface area is 203 Å². The van der Waals surface area contributed by atoms with Crippen molar-refractivity contribution in [3.8, 4) is 0 Å². The SMILES string of the molecule is CCC(CC)CCCO[C@H](C)C1CCC2/C(=C/C=C3C[C@@H](O)C4(CC4)[C@H](O)C3)CCC[C@@]21C. The van der Waals surface area contributed by atoms with Crippen LogP contribution >= 0.6 is 0 Å². The predicted molar refractivity (Wildman–Crippen MR) is 136 cm³/mol. The Kier molecular flexibility index (Phi) is 8.13. The van der Waals surface area contributed by atoms with Gasteiger partial charge in [-0.15, -0.1) is 0 Å². The molecule has 0 amide bonds. The van der Waals surface area contributed by atoms with Gasteiger partial charge in [0.2, 0.25) is 0 Å². The van der Waals surface area contributed by atoms with Crippen LogP contribution in [0.2, 0.25) is 0 Å². The highest BCUT2D eigenvalue weighted by Crippen LogP contribution is 2.59. The van der Waals surface area contributed by atoms with Gasteiger partial charge in [0.25, 0.3) is 0 Å². The summed E-state index contributed by atoms with van der Waals surface area (Å²) in [6.45, 7) is 10.4. The molecule has 6 atom stereocenters. The van der Waals surface area contributed by atoms with Crippen molar-refractivity contribution >= 4 is 0 Å². The van der Waals surface area contributed by atoms with Gasteiger partial charge in [0.05, 0.1) is 18.3 Å². The predicted octanol–water partition coefficient (Wildman–Crippen LogP) is 6.97. The van der Waals surface area contributed by atoms with Crippen molar-refractivity contribution < 1.29 is 14.9 Å². The molecule has 0 bridgehead atoms. The first-order chi connectivity index (χ1) is 15.8. The van der Waals surface area contributed by atoms with Gasteiger partial charge in [-0.05, 0) is 101 Å². The number of ether oxygens (including phenoxy) is 1. The van der Waals surface area contributed by atoms with Gasteiger partial charge in [-0.25, -0.2) is 0 Å². The summed E-state index contributed by atoms with van der Waals surface area (Å²) in [4.78, 5) is 0. The molecule has 2 unspecified atom stereocenters. The molecule has 4 saturated carbocycles. The summed E-state index contributed by atoms with van der Waals surface area (Å²) >= 11 is 0. The number of aliphatic hydroxyl groups is 2. The Morgan fingerprint density at radius 3 is 2.36 bits per heavy atom. The number of rotatable bonds is 9. The number of fused-ring (bicyclic) bond motifs is 1. The maximum absolute atomic E-state index is 10.6. The lowest BCUT2D eigenvalue weighted by atomic mass is 9.62. The molecular formula is C30H50O3. The van der Waals surface area contributed by atoms with E-state index in [1.165, 1.54) is 63.4 Å². The van der Waals surface area contributed by atoms with Crippen LogP contribution in [-0.4, -0.2) is 35.1 Å². The summed E-state index contributed by atoms with van der Waals surface area (Å²) in [5.74, 6) is 2.18. The van der Waals surface area contributed by atoms with Gasteiger partial charge in [-0.1, -0.05) is 56.9 Å². The molecule has 0 heterocycles. The second-order valence-electron chi connectivity index (χ2n) is 12.2. The molecule has 0 saturated heterocycles. The van der Waals surface area contributed by atoms with E-state index in [1.807, 2.05) is 0 Å². The fraction of sp³-hybridized carbons (Fsp3) is 0.867. The molecule has 4 aliphatic carbocycles. The molecule has 0 aliphatic heterocycles. The maximum atomic E-state index is 10.6. The number of allylic oxidation sites excluding steroid dienone is 3. The van der Waals surface area contributed by atoms with Crippen LogP contribution in [0.1, 0.15) is 111 Å². The van der Waals surface area contributed by atoms with E-state index in [9.17, 15) is 10.2 Å². The molecule has 0 radical (unpaired) electrons. The highest BCUT2D eigenvalue weighted by atomic mass is 16.5. The Morgan fingerprint density at radius 2 is 1.73 bits per heavy atom. The van der Waals surface area contributed by atoms with Gasteiger partial charge in [0.1, 0.15) is 0 Å². The first-order valence-corrected chi connectivity index (χ1v) is 14.2. The van der Waals surface area contributed by atoms with Crippen molar-refractivity contribution in [1.29, 1.82) is 0 Å². The van der Waals surface area contributed by atoms with E-state index in [4.69, 9.17) is 4.74 Å². The molecule has 3 nitrogen and oxygen atoms in total. The third kappa shape index (κ3) is 5.16. The number of hydrogen-bond acceptors (Lipinski definition) is 3. The topological polar surface area (TPSA) is 49.7 Å². The minimum absolute atomic E-state index is 0.170. The standard InChI is InChI=1S/C30H50O3/c1-5-22(6-2)9-8-18-33-21(3)25-13-14-26-24(10-7-15-29(25,26)4)12-11-23-19-27(31)30(16-17-30)28(32)20-23/h11-12,21-22,25-28,31-32H,5-10,13-20H2,1-4H3/b24-12+/t21-,25?,26?,27-,28-,29-/m1/s1. The lowest BCUT2D eigenvalue weighted by Gasteiger charge is -2.44. The zero-order valence-electron chi connectivity index (χ0n) is 21.8. The Morgan fingerprint density at radius 1 is 1.03 bits per heavy atom. The van der Waals surface area contributed by atoms with Crippen molar-refractivity contribution in [2.75, 3.05) is 6.61 Å². The van der Waals surface area contributed by atoms with Crippen molar-refractivity contribution in [2.45, 2.75) is 129 Å². The summed E-state index contributed by atoms with van der Waals surface area (Å²) in [7, 11) is 0. The Hall–Kier alpha value is -0.640. The molecule has 0 aromatic carbocycles. The first kappa shape index (κ1) is 25.5. The smallest absolute Gasteiger partial charge is 0.0658 e. The monoisotopic (exact) mass is 458 g/mol. The molecule has 1 spiro atoms. The van der Waals surface area contributed by atoms with E-state index in [0.717, 1.165) is 38.2 Å². The lowest BCUT2D eigenvalue weighted by molar-refractivity contribution is -0.0269. The van der Waals surface area contributed by atoms with Gasteiger partial charge in [-0.2, -0.15) is 0 Å². The van der Waals surface area contributed by atoms with Crippen LogP contribution in [0.25, 0.3) is 0 Å². The molecule has 2 N–H and O–H groups in total. The zero-order valence-corrected chi connectivity index (χ0v) is 21.8. The summed E-state index contributed by atoms with van der Waals surface area (Å²) < 4.78 is 6.43. The van der Waals surface area contributed by atoms with E-state index < -0.39 is 0 Å². The van der Waals surface area contributed by atoms with Crippen LogP contribution in [0.15, 0.2) is 23.3 Å². The molecule has 188 valence electrons. The largest absolute Gasteiger partial charge is 0.392 e. The molecule has 0 aromatic rings. The highest BCUT2D eigenvalue weighted by Gasteiger charge is 2.56. The van der Waals surface area contributed by atoms with E-state index >= 15 is 0 Å². The molecule has 3 heteroatoms. The average Bonchev–Trinajstić information content (AvgIpc) is 3.52. The summed E-state index contributed by atoms with van der Waals surface area (Å²) in [6, 6.07) is 0. The van der Waals surface area contributed by atoms with Gasteiger partial charge in [0, 0.05) is 12.0 Å². The first-order valence-electron chi connectivity index (χ1n) is 14.2. The fourth-order valence-corrected chi connectivity index (χ4v) is 7.89. The minimum atomic E-state index is -0.360. The van der Waals surface area contributed by atoms with E-state index in [0.29, 0.717) is 23.4 Å². The van der Waals surface area contributed by atoms with Crippen LogP contribution in [0, 0.1) is 28.6 Å². The molecule has 0 aromatic heterocycles. The van der Waals surface area contributed by atoms with E-state index in [1.54, 1.807) is 5.57 Å². The highest BCUT2D eigenvalue weighted by molar-refractivity contribution is 5.28. The molecule has 4 rings (SSSR count). The Balaban J connectivity index is 1.35. The van der Waals surface area contributed by atoms with Gasteiger partial charge < -0.3 is 14.9 Å². The van der Waals surface area contributed by atoms with Crippen LogP contribution in [0.3, 0.4) is 0 Å². The van der Waals surface area contributed by atoms with Gasteiger partial charge >= 0.3 is 0 Å². The lowest BCUT2D eigenvalue weighted by Crippen LogP contribution is -2.39. The van der Waals surface area contributed by atoms with E-state index in [2.05, 4.69) is 39.8 Å². The van der Waals surface area contributed by atoms with E-state index in [-0.39, 0.29) is 17.6 Å².